The van der Waals surface area contributed by atoms with Crippen molar-refractivity contribution in [2.24, 2.45) is 0 Å². The summed E-state index contributed by atoms with van der Waals surface area (Å²) < 4.78 is 0. The van der Waals surface area contributed by atoms with Crippen molar-refractivity contribution < 1.29 is 0 Å². The minimum absolute atomic E-state index is 0. The van der Waals surface area contributed by atoms with Crippen LogP contribution in [0.1, 0.15) is 12.8 Å². The number of hydrogen-bond donors (Lipinski definition) is 0. The van der Waals surface area contributed by atoms with E-state index in [0.717, 1.165) is 0 Å². The SMILES string of the molecule is [C]1=CCC1.[CaH2]. The van der Waals surface area contributed by atoms with E-state index in [-0.39, 0.29) is 37.7 Å². The molecular weight excluding hydrogens is 88.1 g/mol. The molecule has 5 heavy (non-hydrogen) atoms. The zero-order chi connectivity index (χ0) is 2.83. The normalized spacial score (nSPS) is 16.0. The fourth-order valence-electron chi connectivity index (χ4n) is 0.144. The average molecular weight is 95.2 g/mol. The van der Waals surface area contributed by atoms with Crippen LogP contribution in [-0.4, -0.2) is 37.7 Å². The van der Waals surface area contributed by atoms with Crippen molar-refractivity contribution in [2.45, 2.75) is 12.8 Å². The Kier molecular flexibility index (Phi) is 3.84. The number of rotatable bonds is 0. The van der Waals surface area contributed by atoms with E-state index < -0.39 is 0 Å². The Labute approximate surface area is 62.3 Å². The van der Waals surface area contributed by atoms with Crippen molar-refractivity contribution in [1.29, 1.82) is 0 Å². The van der Waals surface area contributed by atoms with Crippen LogP contribution < -0.4 is 0 Å². The Morgan fingerprint density at radius 2 is 1.80 bits per heavy atom. The molecular formula is C4H7Ca. The van der Waals surface area contributed by atoms with E-state index in [9.17, 15) is 0 Å². The third-order valence-electron chi connectivity index (χ3n) is 0.577. The fourth-order valence-corrected chi connectivity index (χ4v) is 0.144. The molecule has 0 fully saturated rings. The maximum absolute atomic E-state index is 2.99. The van der Waals surface area contributed by atoms with Gasteiger partial charge in [0.15, 0.2) is 0 Å². The summed E-state index contributed by atoms with van der Waals surface area (Å²) in [6, 6.07) is 0. The van der Waals surface area contributed by atoms with Crippen molar-refractivity contribution in [1.82, 2.24) is 0 Å². The third-order valence-corrected chi connectivity index (χ3v) is 0.577. The number of allylic oxidation sites excluding steroid dienone is 2. The molecule has 0 saturated heterocycles. The topological polar surface area (TPSA) is 0 Å². The summed E-state index contributed by atoms with van der Waals surface area (Å²) in [7, 11) is 0. The molecule has 1 aliphatic carbocycles. The Balaban J connectivity index is 0.000000160. The minimum atomic E-state index is 0. The van der Waals surface area contributed by atoms with Crippen LogP contribution >= 0.6 is 0 Å². The van der Waals surface area contributed by atoms with Gasteiger partial charge in [0.25, 0.3) is 0 Å². The molecule has 0 aromatic rings. The molecule has 1 heteroatoms. The van der Waals surface area contributed by atoms with Crippen LogP contribution in [0.4, 0.5) is 0 Å². The van der Waals surface area contributed by atoms with E-state index in [2.05, 4.69) is 12.2 Å². The standard InChI is InChI=1S/C4H5.Ca.2H/c1-2-4-3-1;;;/h1H,2,4H2;;;. The van der Waals surface area contributed by atoms with Crippen LogP contribution in [0, 0.1) is 6.08 Å². The second kappa shape index (κ2) is 3.20. The van der Waals surface area contributed by atoms with E-state index in [4.69, 9.17) is 0 Å². The van der Waals surface area contributed by atoms with Crippen LogP contribution in [0.15, 0.2) is 6.08 Å². The van der Waals surface area contributed by atoms with Gasteiger partial charge < -0.3 is 0 Å². The second-order valence-corrected chi connectivity index (χ2v) is 0.947. The molecule has 1 rings (SSSR count). The van der Waals surface area contributed by atoms with Crippen LogP contribution in [0.25, 0.3) is 0 Å². The summed E-state index contributed by atoms with van der Waals surface area (Å²) in [4.78, 5) is 0. The fraction of sp³-hybridized carbons (Fsp3) is 0.500. The van der Waals surface area contributed by atoms with Gasteiger partial charge in [0.05, 0.1) is 0 Å². The van der Waals surface area contributed by atoms with Crippen molar-refractivity contribution in [2.75, 3.05) is 0 Å². The zero-order valence-corrected chi connectivity index (χ0v) is 2.49. The molecule has 0 heterocycles. The van der Waals surface area contributed by atoms with Gasteiger partial charge in [-0.1, -0.05) is 6.08 Å². The first kappa shape index (κ1) is 6.00. The molecule has 0 spiro atoms. The molecule has 0 atom stereocenters. The molecule has 0 aromatic carbocycles. The molecule has 0 unspecified atom stereocenters. The summed E-state index contributed by atoms with van der Waals surface area (Å²) in [6.07, 6.45) is 7.50. The van der Waals surface area contributed by atoms with Gasteiger partial charge in [-0.2, -0.15) is 0 Å². The van der Waals surface area contributed by atoms with Crippen molar-refractivity contribution in [3.63, 3.8) is 0 Å². The van der Waals surface area contributed by atoms with Crippen LogP contribution in [0.3, 0.4) is 0 Å². The summed E-state index contributed by atoms with van der Waals surface area (Å²) in [5.74, 6) is 0. The monoisotopic (exact) mass is 95.0 g/mol. The van der Waals surface area contributed by atoms with E-state index in [0.29, 0.717) is 0 Å². The Bertz CT molecular complexity index is 32.9. The van der Waals surface area contributed by atoms with Gasteiger partial charge in [-0.05, 0) is 18.9 Å². The first-order valence-electron chi connectivity index (χ1n) is 1.55. The van der Waals surface area contributed by atoms with E-state index in [1.807, 2.05) is 0 Å². The molecule has 0 saturated carbocycles. The van der Waals surface area contributed by atoms with Gasteiger partial charge in [0.2, 0.25) is 0 Å². The van der Waals surface area contributed by atoms with Crippen molar-refractivity contribution in [3.8, 4) is 0 Å². The quantitative estimate of drug-likeness (QED) is 0.378. The summed E-state index contributed by atoms with van der Waals surface area (Å²) in [6.45, 7) is 0. The molecule has 1 aliphatic rings. The summed E-state index contributed by atoms with van der Waals surface area (Å²) in [5.41, 5.74) is 0. The van der Waals surface area contributed by atoms with Gasteiger partial charge in [-0.25, -0.2) is 0 Å². The van der Waals surface area contributed by atoms with Crippen LogP contribution in [0.5, 0.6) is 0 Å². The van der Waals surface area contributed by atoms with Gasteiger partial charge in [-0.15, -0.1) is 0 Å². The third kappa shape index (κ3) is 1.80. The molecule has 0 bridgehead atoms. The maximum atomic E-state index is 2.99. The van der Waals surface area contributed by atoms with Crippen LogP contribution in [0.2, 0.25) is 0 Å². The van der Waals surface area contributed by atoms with Gasteiger partial charge in [-0.3, -0.25) is 0 Å². The summed E-state index contributed by atoms with van der Waals surface area (Å²) in [5, 5.41) is 0. The Morgan fingerprint density at radius 3 is 1.80 bits per heavy atom. The molecule has 0 aromatic heterocycles. The van der Waals surface area contributed by atoms with Crippen molar-refractivity contribution >= 4 is 37.7 Å². The van der Waals surface area contributed by atoms with Gasteiger partial charge in [0.1, 0.15) is 0 Å². The second-order valence-electron chi connectivity index (χ2n) is 0.947. The van der Waals surface area contributed by atoms with E-state index in [1.165, 1.54) is 12.8 Å². The van der Waals surface area contributed by atoms with Gasteiger partial charge in [0, 0.05) is 0 Å². The van der Waals surface area contributed by atoms with E-state index >= 15 is 0 Å². The van der Waals surface area contributed by atoms with E-state index in [1.54, 1.807) is 0 Å². The Morgan fingerprint density at radius 1 is 1.60 bits per heavy atom. The summed E-state index contributed by atoms with van der Waals surface area (Å²) >= 11 is 0. The zero-order valence-electron chi connectivity index (χ0n) is 2.49. The average Bonchev–Trinajstić information content (AvgIpc) is 0.722. The van der Waals surface area contributed by atoms with Crippen molar-refractivity contribution in [3.05, 3.63) is 12.2 Å². The first-order chi connectivity index (χ1) is 2.00. The molecule has 25 valence electrons. The Hall–Kier alpha value is 1.000. The predicted molar refractivity (Wildman–Crippen MR) is 25.6 cm³/mol. The molecule has 0 N–H and O–H groups in total. The first-order valence-corrected chi connectivity index (χ1v) is 1.55. The molecule has 0 aliphatic heterocycles. The predicted octanol–water partition coefficient (Wildman–Crippen LogP) is 0.223. The molecule has 0 nitrogen and oxygen atoms in total. The molecule has 0 amide bonds. The van der Waals surface area contributed by atoms with Gasteiger partial charge >= 0.3 is 37.7 Å². The number of hydrogen-bond acceptors (Lipinski definition) is 0. The molecule has 1 radical (unpaired) electrons. The van der Waals surface area contributed by atoms with Crippen LogP contribution in [-0.2, 0) is 0 Å².